The van der Waals surface area contributed by atoms with Crippen LogP contribution in [0.2, 0.25) is 0 Å². The predicted octanol–water partition coefficient (Wildman–Crippen LogP) is 7.09. The lowest BCUT2D eigenvalue weighted by molar-refractivity contribution is -0.139. The van der Waals surface area contributed by atoms with Crippen molar-refractivity contribution in [1.29, 1.82) is 0 Å². The Morgan fingerprint density at radius 1 is 0.904 bits per heavy atom. The van der Waals surface area contributed by atoms with Crippen molar-refractivity contribution >= 4 is 5.97 Å². The summed E-state index contributed by atoms with van der Waals surface area (Å²) in [6.45, 7) is 5.42. The molecule has 12 heteroatoms. The predicted molar refractivity (Wildman–Crippen MR) is 285 cm³/mol. The van der Waals surface area contributed by atoms with Gasteiger partial charge in [-0.2, -0.15) is 0 Å². The summed E-state index contributed by atoms with van der Waals surface area (Å²) in [4.78, 5) is 12.7. The van der Waals surface area contributed by atoms with Gasteiger partial charge in [0.05, 0.1) is 54.7 Å². The van der Waals surface area contributed by atoms with Crippen molar-refractivity contribution in [3.05, 3.63) is 124 Å². The second kappa shape index (κ2) is 25.4. The number of aliphatic carboxylic acids is 1. The molecule has 1 saturated carbocycles. The van der Waals surface area contributed by atoms with E-state index in [4.69, 9.17) is 0 Å². The molecule has 398 valence electrons. The summed E-state index contributed by atoms with van der Waals surface area (Å²) < 4.78 is 0. The Morgan fingerprint density at radius 3 is 2.32 bits per heavy atom. The normalized spacial score (nSPS) is 29.3. The number of fused-ring (bicyclic) bond motifs is 6. The molecule has 12 atom stereocenters. The molecular weight excluding hydrogens is 921 g/mol. The highest BCUT2D eigenvalue weighted by molar-refractivity contribution is 5.67. The third-order valence-corrected chi connectivity index (χ3v) is 17.4. The number of aliphatic hydroxyl groups is 7. The van der Waals surface area contributed by atoms with E-state index in [0.717, 1.165) is 65.5 Å². The van der Waals surface area contributed by atoms with Crippen LogP contribution < -0.4 is 10.6 Å². The average molecular weight is 1010 g/mol. The fourth-order valence-corrected chi connectivity index (χ4v) is 13.1. The zero-order valence-corrected chi connectivity index (χ0v) is 43.4. The Morgan fingerprint density at radius 2 is 1.62 bits per heavy atom. The Kier molecular flexibility index (Phi) is 19.6. The van der Waals surface area contributed by atoms with E-state index in [1.54, 1.807) is 18.2 Å². The summed E-state index contributed by atoms with van der Waals surface area (Å²) >= 11 is 0. The maximum absolute atomic E-state index is 14.4. The van der Waals surface area contributed by atoms with Crippen molar-refractivity contribution in [2.45, 2.75) is 208 Å². The van der Waals surface area contributed by atoms with Gasteiger partial charge in [0.25, 0.3) is 0 Å². The molecule has 11 N–H and O–H groups in total. The van der Waals surface area contributed by atoms with Gasteiger partial charge in [0.15, 0.2) is 0 Å². The summed E-state index contributed by atoms with van der Waals surface area (Å²) in [7, 11) is 0. The van der Waals surface area contributed by atoms with E-state index < -0.39 is 83.6 Å². The minimum absolute atomic E-state index is 0.0175. The van der Waals surface area contributed by atoms with E-state index in [1.165, 1.54) is 0 Å². The number of aliphatic hydroxyl groups excluding tert-OH is 6. The third kappa shape index (κ3) is 13.4. The number of phenolic OH excluding ortho intramolecular Hbond substituents is 1. The molecule has 1 aliphatic carbocycles. The molecule has 0 amide bonds. The molecule has 3 aromatic carbocycles. The maximum Gasteiger partial charge on any atom is 0.303 e. The smallest absolute Gasteiger partial charge is 0.303 e. The summed E-state index contributed by atoms with van der Waals surface area (Å²) in [5, 5.41) is 113. The number of unbranched alkanes of at least 4 members (excludes halogenated alkanes) is 1. The number of carboxylic acid groups (broad SMARTS) is 1. The van der Waals surface area contributed by atoms with E-state index in [0.29, 0.717) is 50.5 Å². The average Bonchev–Trinajstić information content (AvgIpc) is 3.54. The van der Waals surface area contributed by atoms with Gasteiger partial charge < -0.3 is 56.6 Å². The van der Waals surface area contributed by atoms with Crippen LogP contribution in [0.3, 0.4) is 0 Å². The minimum atomic E-state index is -1.62. The van der Waals surface area contributed by atoms with Gasteiger partial charge in [0, 0.05) is 35.5 Å². The number of carbonyl (C=O) groups is 1. The summed E-state index contributed by atoms with van der Waals surface area (Å²) in [5.41, 5.74) is 2.10. The highest BCUT2D eigenvalue weighted by Gasteiger charge is 2.60. The van der Waals surface area contributed by atoms with Crippen LogP contribution >= 0.6 is 0 Å². The Labute approximate surface area is 433 Å². The van der Waals surface area contributed by atoms with Crippen LogP contribution in [0.1, 0.15) is 151 Å². The largest absolute Gasteiger partial charge is 0.508 e. The first-order chi connectivity index (χ1) is 35.0. The topological polar surface area (TPSA) is 223 Å². The fraction of sp³-hybridized carbons (Fsp3) is 0.590. The maximum atomic E-state index is 14.4. The molecule has 4 heterocycles. The molecule has 12 unspecified atom stereocenters. The monoisotopic (exact) mass is 1000 g/mol. The molecule has 12 nitrogen and oxygen atoms in total. The molecule has 0 radical (unpaired) electrons. The lowest BCUT2D eigenvalue weighted by atomic mass is 9.52. The lowest BCUT2D eigenvalue weighted by Crippen LogP contribution is -2.73. The van der Waals surface area contributed by atoms with Crippen molar-refractivity contribution in [3.63, 3.8) is 0 Å². The number of hydrogen-bond donors (Lipinski definition) is 11. The highest BCUT2D eigenvalue weighted by Crippen LogP contribution is 2.54. The van der Waals surface area contributed by atoms with Gasteiger partial charge in [-0.1, -0.05) is 118 Å². The molecule has 73 heavy (non-hydrogen) atoms. The SMILES string of the molecule is CCCCC(O)C(O)C=CC1=C(CC(O)CO)C2CCC(O)C3NC(C)CCC(C(O)Cc4ccc(cc4)CC(C(C)(O)C4(c5ccc(O)cc5)CCCCC4)(CC#Cc4ccccc4CC1)N2)C3CC(=O)O. The number of benzene rings is 3. The van der Waals surface area contributed by atoms with Gasteiger partial charge in [-0.3, -0.25) is 4.79 Å². The van der Waals surface area contributed by atoms with Gasteiger partial charge in [-0.25, -0.2) is 0 Å². The molecule has 1 saturated heterocycles. The molecule has 3 aromatic rings. The lowest BCUT2D eigenvalue weighted by Gasteiger charge is -2.59. The summed E-state index contributed by atoms with van der Waals surface area (Å²) in [6.07, 6.45) is 6.91. The van der Waals surface area contributed by atoms with Gasteiger partial charge >= 0.3 is 5.97 Å². The number of hydrogen-bond acceptors (Lipinski definition) is 11. The fourth-order valence-electron chi connectivity index (χ4n) is 13.1. The molecule has 0 spiro atoms. The van der Waals surface area contributed by atoms with Crippen LogP contribution in [0.25, 0.3) is 0 Å². The zero-order valence-electron chi connectivity index (χ0n) is 43.4. The van der Waals surface area contributed by atoms with Crippen LogP contribution in [0, 0.1) is 23.7 Å². The number of rotatable bonds is 14. The first-order valence-corrected chi connectivity index (χ1v) is 27.3. The highest BCUT2D eigenvalue weighted by atomic mass is 16.4. The van der Waals surface area contributed by atoms with Crippen molar-refractivity contribution in [3.8, 4) is 17.6 Å². The zero-order chi connectivity index (χ0) is 52.3. The van der Waals surface area contributed by atoms with E-state index in [2.05, 4.69) is 22.5 Å². The quantitative estimate of drug-likeness (QED) is 0.0730. The molecule has 0 aromatic heterocycles. The van der Waals surface area contributed by atoms with Crippen LogP contribution in [-0.4, -0.2) is 118 Å². The van der Waals surface area contributed by atoms with E-state index in [9.17, 15) is 50.8 Å². The number of aromatic hydroxyl groups is 1. The number of allylic oxidation sites excluding steroid dienone is 2. The molecule has 8 rings (SSSR count). The standard InChI is InChI=1S/C61H84N2O10/c1-4-5-15-53(67)54(68)30-23-45-22-21-44-13-8-7-12-43(44)14-11-34-61(59(3,73)60(32-9-6-10-33-60)46-24-26-47(65)27-25-46)38-42-19-17-41(18-20-42)35-56(70)49-28-16-40(2)62-58(51(49)37-57(71)72)55(69)31-29-52(63-61)50(45)36-48(66)39-64/h7-8,12-13,17-20,23-27,30,40,48-49,51-56,58,62-70,73H,4-6,9-10,15-16,21-22,28-29,31-39H2,1-3H3,(H,71,72). The van der Waals surface area contributed by atoms with Crippen LogP contribution in [0.15, 0.2) is 96.1 Å². The third-order valence-electron chi connectivity index (χ3n) is 17.4. The van der Waals surface area contributed by atoms with Crippen molar-refractivity contribution in [2.24, 2.45) is 11.8 Å². The van der Waals surface area contributed by atoms with Crippen LogP contribution in [0.4, 0.5) is 0 Å². The van der Waals surface area contributed by atoms with E-state index >= 15 is 0 Å². The molecule has 5 aliphatic rings. The molecule has 2 fully saturated rings. The number of nitrogens with one attached hydrogen (secondary N) is 2. The first kappa shape index (κ1) is 56.3. The summed E-state index contributed by atoms with van der Waals surface area (Å²) in [6, 6.07) is 21.7. The van der Waals surface area contributed by atoms with Crippen molar-refractivity contribution < 1.29 is 50.8 Å². The van der Waals surface area contributed by atoms with Gasteiger partial charge in [0.2, 0.25) is 0 Å². The van der Waals surface area contributed by atoms with Crippen molar-refractivity contribution in [2.75, 3.05) is 6.61 Å². The van der Waals surface area contributed by atoms with Crippen molar-refractivity contribution in [1.82, 2.24) is 10.6 Å². The number of aryl methyl sites for hydroxylation is 1. The molecule has 4 aliphatic heterocycles. The van der Waals surface area contributed by atoms with E-state index in [-0.39, 0.29) is 56.7 Å². The Bertz CT molecular complexity index is 2380. The number of carboxylic acids is 1. The minimum Gasteiger partial charge on any atom is -0.508 e. The second-order valence-electron chi connectivity index (χ2n) is 22.3. The molecule has 6 bridgehead atoms. The summed E-state index contributed by atoms with van der Waals surface area (Å²) in [5.74, 6) is 5.19. The van der Waals surface area contributed by atoms with Crippen LogP contribution in [-0.2, 0) is 29.5 Å². The van der Waals surface area contributed by atoms with Crippen LogP contribution in [0.5, 0.6) is 5.75 Å². The first-order valence-electron chi connectivity index (χ1n) is 27.3. The van der Waals surface area contributed by atoms with Gasteiger partial charge in [-0.15, -0.1) is 0 Å². The van der Waals surface area contributed by atoms with E-state index in [1.807, 2.05) is 87.5 Å². The number of phenols is 1. The van der Waals surface area contributed by atoms with Gasteiger partial charge in [0.1, 0.15) is 5.75 Å². The Hall–Kier alpha value is -4.39. The molecular formula is C61H84N2O10. The Balaban J connectivity index is 1.54. The second-order valence-corrected chi connectivity index (χ2v) is 22.3. The van der Waals surface area contributed by atoms with Gasteiger partial charge in [-0.05, 0) is 154 Å².